The van der Waals surface area contributed by atoms with Gasteiger partial charge in [-0.3, -0.25) is 0 Å². The molecule has 2 heterocycles. The lowest BCUT2D eigenvalue weighted by Gasteiger charge is -1.93. The topological polar surface area (TPSA) is 32.6 Å². The van der Waals surface area contributed by atoms with Gasteiger partial charge in [0.25, 0.3) is 0 Å². The Bertz CT molecular complexity index is 365. The van der Waals surface area contributed by atoms with E-state index in [2.05, 4.69) is 9.97 Å². The minimum Gasteiger partial charge on any atom is -0.340 e. The van der Waals surface area contributed by atoms with E-state index in [4.69, 9.17) is 0 Å². The Balaban J connectivity index is 2.55. The SMILES string of the molecule is C[n+]1ccccc1-c1cnc[nH]1. The number of nitrogens with one attached hydrogen (secondary N) is 1. The molecule has 12 heavy (non-hydrogen) atoms. The van der Waals surface area contributed by atoms with Crippen molar-refractivity contribution >= 4 is 0 Å². The molecule has 60 valence electrons. The average molecular weight is 160 g/mol. The van der Waals surface area contributed by atoms with Gasteiger partial charge in [0, 0.05) is 12.1 Å². The largest absolute Gasteiger partial charge is 0.340 e. The summed E-state index contributed by atoms with van der Waals surface area (Å²) in [4.78, 5) is 7.03. The average Bonchev–Trinajstić information content (AvgIpc) is 2.57. The smallest absolute Gasteiger partial charge is 0.230 e. The highest BCUT2D eigenvalue weighted by molar-refractivity contribution is 5.48. The van der Waals surface area contributed by atoms with Crippen molar-refractivity contribution in [2.75, 3.05) is 0 Å². The summed E-state index contributed by atoms with van der Waals surface area (Å²) in [5, 5.41) is 0. The van der Waals surface area contributed by atoms with Crippen LogP contribution in [0.3, 0.4) is 0 Å². The van der Waals surface area contributed by atoms with E-state index in [1.165, 1.54) is 0 Å². The van der Waals surface area contributed by atoms with E-state index in [0.29, 0.717) is 0 Å². The van der Waals surface area contributed by atoms with Crippen molar-refractivity contribution in [3.63, 3.8) is 0 Å². The number of H-pyrrole nitrogens is 1. The lowest BCUT2D eigenvalue weighted by molar-refractivity contribution is -0.660. The molecular formula is C9H10N3+. The van der Waals surface area contributed by atoms with Crippen LogP contribution >= 0.6 is 0 Å². The van der Waals surface area contributed by atoms with Gasteiger partial charge in [0.15, 0.2) is 6.20 Å². The predicted molar refractivity (Wildman–Crippen MR) is 45.2 cm³/mol. The number of imidazole rings is 1. The van der Waals surface area contributed by atoms with Crippen molar-refractivity contribution in [1.82, 2.24) is 9.97 Å². The van der Waals surface area contributed by atoms with Crippen LogP contribution in [0.4, 0.5) is 0 Å². The molecule has 0 aliphatic rings. The van der Waals surface area contributed by atoms with Crippen molar-refractivity contribution in [3.8, 4) is 11.4 Å². The number of aryl methyl sites for hydroxylation is 1. The van der Waals surface area contributed by atoms with Crippen LogP contribution in [0, 0.1) is 0 Å². The Kier molecular flexibility index (Phi) is 1.63. The van der Waals surface area contributed by atoms with E-state index in [1.807, 2.05) is 42.2 Å². The van der Waals surface area contributed by atoms with E-state index < -0.39 is 0 Å². The summed E-state index contributed by atoms with van der Waals surface area (Å²) in [6, 6.07) is 6.06. The van der Waals surface area contributed by atoms with Gasteiger partial charge in [-0.25, -0.2) is 4.98 Å². The monoisotopic (exact) mass is 160 g/mol. The summed E-state index contributed by atoms with van der Waals surface area (Å²) in [5.41, 5.74) is 2.17. The zero-order chi connectivity index (χ0) is 8.39. The highest BCUT2D eigenvalue weighted by atomic mass is 15.0. The lowest BCUT2D eigenvalue weighted by Crippen LogP contribution is -2.29. The second-order valence-corrected chi connectivity index (χ2v) is 2.66. The lowest BCUT2D eigenvalue weighted by atomic mass is 10.3. The molecule has 2 rings (SSSR count). The molecule has 0 amide bonds. The molecule has 1 N–H and O–H groups in total. The van der Waals surface area contributed by atoms with Crippen LogP contribution in [0.15, 0.2) is 36.9 Å². The Morgan fingerprint density at radius 3 is 3.00 bits per heavy atom. The van der Waals surface area contributed by atoms with Crippen LogP contribution in [-0.2, 0) is 7.05 Å². The highest BCUT2D eigenvalue weighted by Crippen LogP contribution is 2.08. The minimum atomic E-state index is 1.04. The van der Waals surface area contributed by atoms with Crippen molar-refractivity contribution in [1.29, 1.82) is 0 Å². The summed E-state index contributed by atoms with van der Waals surface area (Å²) in [7, 11) is 2.01. The van der Waals surface area contributed by atoms with Gasteiger partial charge in [0.05, 0.1) is 12.5 Å². The molecule has 2 aromatic rings. The van der Waals surface area contributed by atoms with Crippen LogP contribution in [-0.4, -0.2) is 9.97 Å². The minimum absolute atomic E-state index is 1.04. The molecule has 0 aliphatic heterocycles. The molecular weight excluding hydrogens is 150 g/mol. The number of pyridine rings is 1. The maximum atomic E-state index is 3.97. The molecule has 0 spiro atoms. The van der Waals surface area contributed by atoms with E-state index in [0.717, 1.165) is 11.4 Å². The molecule has 0 saturated heterocycles. The summed E-state index contributed by atoms with van der Waals surface area (Å²) in [6.07, 6.45) is 5.51. The zero-order valence-corrected chi connectivity index (χ0v) is 6.86. The van der Waals surface area contributed by atoms with E-state index in [-0.39, 0.29) is 0 Å². The number of aromatic amines is 1. The molecule has 0 aliphatic carbocycles. The number of rotatable bonds is 1. The standard InChI is InChI=1S/C9H9N3/c1-12-5-3-2-4-9(12)8-6-10-7-11-8/h2-7H,1H3/p+1. The van der Waals surface area contributed by atoms with Gasteiger partial charge in [-0.05, 0) is 6.07 Å². The van der Waals surface area contributed by atoms with E-state index >= 15 is 0 Å². The summed E-state index contributed by atoms with van der Waals surface area (Å²) >= 11 is 0. The van der Waals surface area contributed by atoms with Crippen molar-refractivity contribution < 1.29 is 4.57 Å². The van der Waals surface area contributed by atoms with Crippen molar-refractivity contribution in [2.45, 2.75) is 0 Å². The van der Waals surface area contributed by atoms with Crippen LogP contribution in [0.25, 0.3) is 11.4 Å². The van der Waals surface area contributed by atoms with E-state index in [1.54, 1.807) is 6.33 Å². The van der Waals surface area contributed by atoms with Crippen molar-refractivity contribution in [2.24, 2.45) is 7.05 Å². The van der Waals surface area contributed by atoms with Crippen molar-refractivity contribution in [3.05, 3.63) is 36.9 Å². The number of nitrogens with zero attached hydrogens (tertiary/aromatic N) is 2. The fraction of sp³-hybridized carbons (Fsp3) is 0.111. The van der Waals surface area contributed by atoms with Gasteiger partial charge < -0.3 is 4.98 Å². The molecule has 0 radical (unpaired) electrons. The normalized spacial score (nSPS) is 10.1. The number of hydrogen-bond acceptors (Lipinski definition) is 1. The van der Waals surface area contributed by atoms with Gasteiger partial charge in [-0.2, -0.15) is 4.57 Å². The maximum Gasteiger partial charge on any atom is 0.230 e. The number of aromatic nitrogens is 3. The Hall–Kier alpha value is -1.64. The summed E-state index contributed by atoms with van der Waals surface area (Å²) in [6.45, 7) is 0. The fourth-order valence-electron chi connectivity index (χ4n) is 1.20. The van der Waals surface area contributed by atoms with Crippen LogP contribution < -0.4 is 4.57 Å². The van der Waals surface area contributed by atoms with Gasteiger partial charge >= 0.3 is 0 Å². The van der Waals surface area contributed by atoms with Gasteiger partial charge in [0.1, 0.15) is 12.7 Å². The zero-order valence-electron chi connectivity index (χ0n) is 6.86. The first-order valence-electron chi connectivity index (χ1n) is 3.81. The first-order chi connectivity index (χ1) is 5.88. The molecule has 0 unspecified atom stereocenters. The molecule has 0 aromatic carbocycles. The third-order valence-corrected chi connectivity index (χ3v) is 1.83. The molecule has 0 bridgehead atoms. The van der Waals surface area contributed by atoms with Gasteiger partial charge in [0.2, 0.25) is 5.69 Å². The molecule has 0 saturated carbocycles. The predicted octanol–water partition coefficient (Wildman–Crippen LogP) is 0.901. The molecule has 2 aromatic heterocycles. The second-order valence-electron chi connectivity index (χ2n) is 2.66. The third-order valence-electron chi connectivity index (χ3n) is 1.83. The molecule has 0 fully saturated rings. The summed E-state index contributed by atoms with van der Waals surface area (Å²) in [5.74, 6) is 0. The molecule has 0 atom stereocenters. The third kappa shape index (κ3) is 1.09. The number of hydrogen-bond donors (Lipinski definition) is 1. The second kappa shape index (κ2) is 2.77. The summed E-state index contributed by atoms with van der Waals surface area (Å²) < 4.78 is 2.05. The molecule has 3 nitrogen and oxygen atoms in total. The van der Waals surface area contributed by atoms with Gasteiger partial charge in [-0.1, -0.05) is 0 Å². The van der Waals surface area contributed by atoms with Crippen LogP contribution in [0.5, 0.6) is 0 Å². The van der Waals surface area contributed by atoms with Crippen LogP contribution in [0.1, 0.15) is 0 Å². The quantitative estimate of drug-likeness (QED) is 0.618. The Morgan fingerprint density at radius 2 is 2.33 bits per heavy atom. The highest BCUT2D eigenvalue weighted by Gasteiger charge is 2.07. The maximum absolute atomic E-state index is 3.97. The van der Waals surface area contributed by atoms with E-state index in [9.17, 15) is 0 Å². The molecule has 3 heteroatoms. The first-order valence-corrected chi connectivity index (χ1v) is 3.81. The van der Waals surface area contributed by atoms with Crippen LogP contribution in [0.2, 0.25) is 0 Å². The fourth-order valence-corrected chi connectivity index (χ4v) is 1.20. The van der Waals surface area contributed by atoms with Gasteiger partial charge in [-0.15, -0.1) is 0 Å². The Morgan fingerprint density at radius 1 is 1.42 bits per heavy atom. The Labute approximate surface area is 70.7 Å². The first kappa shape index (κ1) is 7.03.